The van der Waals surface area contributed by atoms with Crippen LogP contribution in [0.4, 0.5) is 9.59 Å². The van der Waals surface area contributed by atoms with Crippen molar-refractivity contribution in [3.63, 3.8) is 0 Å². The van der Waals surface area contributed by atoms with Gasteiger partial charge in [0.1, 0.15) is 0 Å². The number of piperidine rings is 2. The molecule has 4 amide bonds. The molecule has 4 rings (SSSR count). The molecule has 0 radical (unpaired) electrons. The summed E-state index contributed by atoms with van der Waals surface area (Å²) in [5, 5.41) is 6.63. The zero-order valence-electron chi connectivity index (χ0n) is 15.1. The Morgan fingerprint density at radius 1 is 0.840 bits per heavy atom. The van der Waals surface area contributed by atoms with Gasteiger partial charge in [0.15, 0.2) is 0 Å². The Kier molecular flexibility index (Phi) is 4.75. The van der Waals surface area contributed by atoms with Crippen molar-refractivity contribution in [2.75, 3.05) is 52.4 Å². The first kappa shape index (κ1) is 16.9. The van der Waals surface area contributed by atoms with Gasteiger partial charge in [-0.2, -0.15) is 0 Å². The zero-order chi connectivity index (χ0) is 17.3. The second-order valence-corrected chi connectivity index (χ2v) is 8.12. The van der Waals surface area contributed by atoms with Gasteiger partial charge in [0, 0.05) is 45.3 Å². The number of likely N-dealkylation sites (tertiary alicyclic amines) is 1. The highest BCUT2D eigenvalue weighted by atomic mass is 16.2. The highest BCUT2D eigenvalue weighted by molar-refractivity contribution is 5.77. The lowest BCUT2D eigenvalue weighted by atomic mass is 9.94. The minimum Gasteiger partial charge on any atom is -0.335 e. The molecule has 2 N–H and O–H groups in total. The molecule has 1 aliphatic carbocycles. The molecule has 0 aromatic heterocycles. The standard InChI is InChI=1S/C18H31N5O2/c24-16(20-15-14-18(15)4-6-19-7-5-18)21-10-12-23(13-11-21)17(25)22-8-2-1-3-9-22/h15,19H,1-14H2,(H,20,24). The fourth-order valence-corrected chi connectivity index (χ4v) is 4.66. The Morgan fingerprint density at radius 2 is 1.44 bits per heavy atom. The fourth-order valence-electron chi connectivity index (χ4n) is 4.66. The summed E-state index contributed by atoms with van der Waals surface area (Å²) in [7, 11) is 0. The molecule has 0 aromatic carbocycles. The Bertz CT molecular complexity index is 506. The first-order chi connectivity index (χ1) is 12.2. The van der Waals surface area contributed by atoms with Gasteiger partial charge in [0.2, 0.25) is 0 Å². The van der Waals surface area contributed by atoms with Crippen LogP contribution in [0.1, 0.15) is 38.5 Å². The monoisotopic (exact) mass is 349 g/mol. The molecule has 3 saturated heterocycles. The molecule has 1 spiro atoms. The third-order valence-corrected chi connectivity index (χ3v) is 6.55. The maximum Gasteiger partial charge on any atom is 0.320 e. The molecular formula is C18H31N5O2. The molecule has 4 fully saturated rings. The van der Waals surface area contributed by atoms with E-state index in [4.69, 9.17) is 0 Å². The number of amides is 4. The molecule has 1 unspecified atom stereocenters. The SMILES string of the molecule is O=C(NC1CC12CCNCC2)N1CCN(C(=O)N2CCCCC2)CC1. The van der Waals surface area contributed by atoms with E-state index in [1.807, 2.05) is 14.7 Å². The van der Waals surface area contributed by atoms with E-state index in [9.17, 15) is 9.59 Å². The van der Waals surface area contributed by atoms with Gasteiger partial charge in [-0.1, -0.05) is 0 Å². The van der Waals surface area contributed by atoms with E-state index in [1.54, 1.807) is 0 Å². The van der Waals surface area contributed by atoms with Crippen molar-refractivity contribution in [2.45, 2.75) is 44.6 Å². The third kappa shape index (κ3) is 3.57. The van der Waals surface area contributed by atoms with Gasteiger partial charge in [0.25, 0.3) is 0 Å². The molecule has 0 bridgehead atoms. The molecule has 7 nitrogen and oxygen atoms in total. The van der Waals surface area contributed by atoms with E-state index >= 15 is 0 Å². The Balaban J connectivity index is 1.22. The van der Waals surface area contributed by atoms with Gasteiger partial charge in [-0.05, 0) is 57.0 Å². The summed E-state index contributed by atoms with van der Waals surface area (Å²) in [4.78, 5) is 30.9. The van der Waals surface area contributed by atoms with Crippen LogP contribution in [-0.4, -0.2) is 85.2 Å². The van der Waals surface area contributed by atoms with Crippen molar-refractivity contribution in [1.29, 1.82) is 0 Å². The van der Waals surface area contributed by atoms with Crippen molar-refractivity contribution in [1.82, 2.24) is 25.3 Å². The number of carbonyl (C=O) groups excluding carboxylic acids is 2. The second kappa shape index (κ2) is 7.02. The van der Waals surface area contributed by atoms with Crippen LogP contribution in [0.2, 0.25) is 0 Å². The average molecular weight is 349 g/mol. The van der Waals surface area contributed by atoms with Gasteiger partial charge in [-0.3, -0.25) is 0 Å². The minimum atomic E-state index is 0.0606. The predicted molar refractivity (Wildman–Crippen MR) is 95.4 cm³/mol. The number of urea groups is 2. The van der Waals surface area contributed by atoms with Crippen molar-refractivity contribution in [3.8, 4) is 0 Å². The van der Waals surface area contributed by atoms with Crippen molar-refractivity contribution in [2.24, 2.45) is 5.41 Å². The molecule has 3 heterocycles. The van der Waals surface area contributed by atoms with E-state index in [2.05, 4.69) is 10.6 Å². The van der Waals surface area contributed by atoms with Crippen LogP contribution in [-0.2, 0) is 0 Å². The maximum atomic E-state index is 12.5. The van der Waals surface area contributed by atoms with Crippen LogP contribution in [0.3, 0.4) is 0 Å². The van der Waals surface area contributed by atoms with Gasteiger partial charge in [-0.15, -0.1) is 0 Å². The summed E-state index contributed by atoms with van der Waals surface area (Å²) in [6.45, 7) is 6.52. The second-order valence-electron chi connectivity index (χ2n) is 8.12. The number of piperazine rings is 1. The predicted octanol–water partition coefficient (Wildman–Crippen LogP) is 1.06. The molecule has 7 heteroatoms. The summed E-state index contributed by atoms with van der Waals surface area (Å²) in [6, 6.07) is 0.580. The normalized spacial score (nSPS) is 28.8. The first-order valence-electron chi connectivity index (χ1n) is 9.98. The topological polar surface area (TPSA) is 67.9 Å². The van der Waals surface area contributed by atoms with E-state index in [1.165, 1.54) is 19.3 Å². The molecule has 1 saturated carbocycles. The Morgan fingerprint density at radius 3 is 2.12 bits per heavy atom. The number of rotatable bonds is 1. The number of carbonyl (C=O) groups is 2. The number of hydrogen-bond acceptors (Lipinski definition) is 3. The smallest absolute Gasteiger partial charge is 0.320 e. The summed E-state index contributed by atoms with van der Waals surface area (Å²) in [6.07, 6.45) is 6.95. The summed E-state index contributed by atoms with van der Waals surface area (Å²) < 4.78 is 0. The highest BCUT2D eigenvalue weighted by Gasteiger charge is 2.54. The van der Waals surface area contributed by atoms with Crippen LogP contribution in [0, 0.1) is 5.41 Å². The van der Waals surface area contributed by atoms with Gasteiger partial charge in [-0.25, -0.2) is 9.59 Å². The molecular weight excluding hydrogens is 318 g/mol. The largest absolute Gasteiger partial charge is 0.335 e. The molecule has 140 valence electrons. The van der Waals surface area contributed by atoms with Crippen molar-refractivity contribution in [3.05, 3.63) is 0 Å². The van der Waals surface area contributed by atoms with Gasteiger partial charge in [0.05, 0.1) is 0 Å². The van der Waals surface area contributed by atoms with E-state index in [0.29, 0.717) is 37.6 Å². The van der Waals surface area contributed by atoms with E-state index in [-0.39, 0.29) is 12.1 Å². The summed E-state index contributed by atoms with van der Waals surface area (Å²) >= 11 is 0. The van der Waals surface area contributed by atoms with Crippen molar-refractivity contribution >= 4 is 12.1 Å². The lowest BCUT2D eigenvalue weighted by Gasteiger charge is -2.38. The lowest BCUT2D eigenvalue weighted by molar-refractivity contribution is 0.112. The number of hydrogen-bond donors (Lipinski definition) is 2. The highest BCUT2D eigenvalue weighted by Crippen LogP contribution is 2.52. The molecule has 0 aromatic rings. The Hall–Kier alpha value is -1.50. The van der Waals surface area contributed by atoms with E-state index < -0.39 is 0 Å². The van der Waals surface area contributed by atoms with Crippen LogP contribution >= 0.6 is 0 Å². The number of nitrogens with zero attached hydrogens (tertiary/aromatic N) is 3. The van der Waals surface area contributed by atoms with Crippen molar-refractivity contribution < 1.29 is 9.59 Å². The zero-order valence-corrected chi connectivity index (χ0v) is 15.1. The first-order valence-corrected chi connectivity index (χ1v) is 9.98. The number of nitrogens with one attached hydrogen (secondary N) is 2. The van der Waals surface area contributed by atoms with Crippen LogP contribution in [0.5, 0.6) is 0 Å². The van der Waals surface area contributed by atoms with Crippen LogP contribution < -0.4 is 10.6 Å². The molecule has 4 aliphatic rings. The third-order valence-electron chi connectivity index (χ3n) is 6.55. The van der Waals surface area contributed by atoms with Gasteiger partial charge >= 0.3 is 12.1 Å². The van der Waals surface area contributed by atoms with Gasteiger partial charge < -0.3 is 25.3 Å². The molecule has 25 heavy (non-hydrogen) atoms. The van der Waals surface area contributed by atoms with Crippen LogP contribution in [0.15, 0.2) is 0 Å². The quantitative estimate of drug-likeness (QED) is 0.744. The molecule has 3 aliphatic heterocycles. The maximum absolute atomic E-state index is 12.5. The lowest BCUT2D eigenvalue weighted by Crippen LogP contribution is -2.56. The fraction of sp³-hybridized carbons (Fsp3) is 0.889. The van der Waals surface area contributed by atoms with Crippen LogP contribution in [0.25, 0.3) is 0 Å². The summed E-state index contributed by atoms with van der Waals surface area (Å²) in [5.41, 5.74) is 0.368. The average Bonchev–Trinajstić information content (AvgIpc) is 3.32. The minimum absolute atomic E-state index is 0.0606. The molecule has 1 atom stereocenters. The van der Waals surface area contributed by atoms with E-state index in [0.717, 1.165) is 45.4 Å². The Labute approximate surface area is 150 Å². The summed E-state index contributed by atoms with van der Waals surface area (Å²) in [5.74, 6) is 0.